The summed E-state index contributed by atoms with van der Waals surface area (Å²) in [6.07, 6.45) is 2.10. The SMILES string of the molecule is COC(=O)c1cn(C(=O)CN(c2ccc(F)c(F)c2)S(C)(=O)=O)c2ccccc12. The van der Waals surface area contributed by atoms with Crippen molar-refractivity contribution in [3.05, 3.63) is 65.9 Å². The number of halogens is 2. The molecule has 0 amide bonds. The zero-order chi connectivity index (χ0) is 21.3. The molecule has 0 aliphatic rings. The highest BCUT2D eigenvalue weighted by atomic mass is 32.2. The van der Waals surface area contributed by atoms with E-state index in [-0.39, 0.29) is 11.3 Å². The predicted molar refractivity (Wildman–Crippen MR) is 102 cm³/mol. The summed E-state index contributed by atoms with van der Waals surface area (Å²) in [5.41, 5.74) is 0.302. The lowest BCUT2D eigenvalue weighted by Gasteiger charge is -2.22. The van der Waals surface area contributed by atoms with E-state index in [1.807, 2.05) is 0 Å². The van der Waals surface area contributed by atoms with Crippen LogP contribution in [0.25, 0.3) is 10.9 Å². The Bertz CT molecular complexity index is 1220. The zero-order valence-electron chi connectivity index (χ0n) is 15.4. The minimum atomic E-state index is -4.00. The summed E-state index contributed by atoms with van der Waals surface area (Å²) >= 11 is 0. The van der Waals surface area contributed by atoms with Gasteiger partial charge in [0.15, 0.2) is 11.6 Å². The first-order valence-electron chi connectivity index (χ1n) is 8.28. The van der Waals surface area contributed by atoms with Gasteiger partial charge in [0.1, 0.15) is 6.54 Å². The number of fused-ring (bicyclic) bond motifs is 1. The Kier molecular flexibility index (Phi) is 5.38. The molecule has 1 aromatic heterocycles. The van der Waals surface area contributed by atoms with Gasteiger partial charge in [-0.25, -0.2) is 22.0 Å². The molecule has 2 aromatic carbocycles. The molecule has 0 saturated carbocycles. The minimum absolute atomic E-state index is 0.134. The zero-order valence-corrected chi connectivity index (χ0v) is 16.2. The molecule has 0 spiro atoms. The standard InChI is InChI=1S/C19H16F2N2O5S/c1-28-19(25)14-10-22(17-6-4-3-5-13(14)17)18(24)11-23(29(2,26)27)12-7-8-15(20)16(21)9-12/h3-10H,11H2,1-2H3. The Hall–Kier alpha value is -3.27. The van der Waals surface area contributed by atoms with E-state index in [9.17, 15) is 26.8 Å². The van der Waals surface area contributed by atoms with Crippen LogP contribution in [0.5, 0.6) is 0 Å². The van der Waals surface area contributed by atoms with E-state index in [4.69, 9.17) is 4.74 Å². The first kappa shape index (κ1) is 20.5. The van der Waals surface area contributed by atoms with E-state index in [1.54, 1.807) is 24.3 Å². The van der Waals surface area contributed by atoms with Crippen LogP contribution >= 0.6 is 0 Å². The Morgan fingerprint density at radius 2 is 1.79 bits per heavy atom. The maximum absolute atomic E-state index is 13.6. The molecule has 0 bridgehead atoms. The van der Waals surface area contributed by atoms with Gasteiger partial charge in [0.25, 0.3) is 5.91 Å². The summed E-state index contributed by atoms with van der Waals surface area (Å²) in [5, 5.41) is 0.450. The van der Waals surface area contributed by atoms with Gasteiger partial charge in [0.2, 0.25) is 10.0 Å². The number of carbonyl (C=O) groups is 2. The van der Waals surface area contributed by atoms with Gasteiger partial charge in [0, 0.05) is 17.6 Å². The number of ether oxygens (including phenoxy) is 1. The van der Waals surface area contributed by atoms with Gasteiger partial charge in [-0.1, -0.05) is 18.2 Å². The van der Waals surface area contributed by atoms with Crippen LogP contribution in [0.3, 0.4) is 0 Å². The van der Waals surface area contributed by atoms with E-state index >= 15 is 0 Å². The minimum Gasteiger partial charge on any atom is -0.465 e. The van der Waals surface area contributed by atoms with E-state index < -0.39 is 40.1 Å². The third-order valence-electron chi connectivity index (χ3n) is 4.26. The van der Waals surface area contributed by atoms with E-state index in [1.165, 1.54) is 13.3 Å². The quantitative estimate of drug-likeness (QED) is 0.591. The van der Waals surface area contributed by atoms with E-state index in [0.29, 0.717) is 21.3 Å². The molecule has 0 aliphatic carbocycles. The topological polar surface area (TPSA) is 85.7 Å². The fourth-order valence-electron chi connectivity index (χ4n) is 2.90. The van der Waals surface area contributed by atoms with Crippen LogP contribution in [0, 0.1) is 11.6 Å². The molecule has 3 aromatic rings. The molecule has 1 heterocycles. The highest BCUT2D eigenvalue weighted by Crippen LogP contribution is 2.24. The third-order valence-corrected chi connectivity index (χ3v) is 5.40. The van der Waals surface area contributed by atoms with Crippen molar-refractivity contribution in [3.8, 4) is 0 Å². The Labute approximate surface area is 165 Å². The predicted octanol–water partition coefficient (Wildman–Crippen LogP) is 2.81. The summed E-state index contributed by atoms with van der Waals surface area (Å²) in [4.78, 5) is 24.9. The first-order valence-corrected chi connectivity index (χ1v) is 10.1. The number of hydrogen-bond donors (Lipinski definition) is 0. The molecule has 0 saturated heterocycles. The van der Waals surface area contributed by atoms with Crippen molar-refractivity contribution >= 4 is 38.5 Å². The van der Waals surface area contributed by atoms with Gasteiger partial charge < -0.3 is 4.74 Å². The van der Waals surface area contributed by atoms with Gasteiger partial charge in [0.05, 0.1) is 30.1 Å². The molecule has 0 N–H and O–H groups in total. The maximum atomic E-state index is 13.6. The molecule has 10 heteroatoms. The number of aromatic nitrogens is 1. The maximum Gasteiger partial charge on any atom is 0.340 e. The molecule has 7 nitrogen and oxygen atoms in total. The number of nitrogens with zero attached hydrogens (tertiary/aromatic N) is 2. The van der Waals surface area contributed by atoms with E-state index in [2.05, 4.69) is 0 Å². The van der Waals surface area contributed by atoms with Crippen molar-refractivity contribution < 1.29 is 31.5 Å². The van der Waals surface area contributed by atoms with E-state index in [0.717, 1.165) is 23.0 Å². The van der Waals surface area contributed by atoms with Gasteiger partial charge in [-0.15, -0.1) is 0 Å². The van der Waals surface area contributed by atoms with Crippen LogP contribution in [-0.4, -0.2) is 44.8 Å². The molecular weight excluding hydrogens is 406 g/mol. The highest BCUT2D eigenvalue weighted by molar-refractivity contribution is 7.92. The number of hydrogen-bond acceptors (Lipinski definition) is 5. The second-order valence-electron chi connectivity index (χ2n) is 6.18. The van der Waals surface area contributed by atoms with Crippen LogP contribution in [0.1, 0.15) is 15.2 Å². The average Bonchev–Trinajstić information content (AvgIpc) is 3.06. The number of carbonyl (C=O) groups excluding carboxylic acids is 2. The fourth-order valence-corrected chi connectivity index (χ4v) is 3.74. The number of esters is 1. The van der Waals surface area contributed by atoms with Gasteiger partial charge in [-0.05, 0) is 18.2 Å². The smallest absolute Gasteiger partial charge is 0.340 e. The summed E-state index contributed by atoms with van der Waals surface area (Å²) < 4.78 is 57.7. The monoisotopic (exact) mass is 422 g/mol. The van der Waals surface area contributed by atoms with Crippen LogP contribution in [-0.2, 0) is 14.8 Å². The summed E-state index contributed by atoms with van der Waals surface area (Å²) in [6.45, 7) is -0.691. The van der Waals surface area contributed by atoms with Crippen LogP contribution in [0.2, 0.25) is 0 Å². The average molecular weight is 422 g/mol. The van der Waals surface area contributed by atoms with Crippen molar-refractivity contribution in [2.24, 2.45) is 0 Å². The largest absolute Gasteiger partial charge is 0.465 e. The van der Waals surface area contributed by atoms with Crippen LogP contribution in [0.15, 0.2) is 48.7 Å². The molecular formula is C19H16F2N2O5S. The molecule has 152 valence electrons. The number of anilines is 1. The Morgan fingerprint density at radius 3 is 2.41 bits per heavy atom. The molecule has 0 atom stereocenters. The number of sulfonamides is 1. The highest BCUT2D eigenvalue weighted by Gasteiger charge is 2.25. The summed E-state index contributed by atoms with van der Waals surface area (Å²) in [6, 6.07) is 9.05. The van der Waals surface area contributed by atoms with Gasteiger partial charge in [-0.2, -0.15) is 0 Å². The Morgan fingerprint density at radius 1 is 1.10 bits per heavy atom. The second-order valence-corrected chi connectivity index (χ2v) is 8.09. The lowest BCUT2D eigenvalue weighted by Crippen LogP contribution is -2.37. The molecule has 3 rings (SSSR count). The van der Waals surface area contributed by atoms with Crippen molar-refractivity contribution in [1.82, 2.24) is 4.57 Å². The van der Waals surface area contributed by atoms with Crippen molar-refractivity contribution in [1.29, 1.82) is 0 Å². The number of rotatable bonds is 5. The Balaban J connectivity index is 2.05. The fraction of sp³-hybridized carbons (Fsp3) is 0.158. The summed E-state index contributed by atoms with van der Waals surface area (Å²) in [7, 11) is -2.80. The molecule has 0 aliphatic heterocycles. The van der Waals surface area contributed by atoms with Crippen LogP contribution in [0.4, 0.5) is 14.5 Å². The number of para-hydroxylation sites is 1. The van der Waals surface area contributed by atoms with Crippen molar-refractivity contribution in [2.45, 2.75) is 0 Å². The molecule has 0 unspecified atom stereocenters. The van der Waals surface area contributed by atoms with Crippen molar-refractivity contribution in [3.63, 3.8) is 0 Å². The molecule has 0 radical (unpaired) electrons. The molecule has 29 heavy (non-hydrogen) atoms. The second kappa shape index (κ2) is 7.63. The first-order chi connectivity index (χ1) is 13.6. The number of benzene rings is 2. The van der Waals surface area contributed by atoms with Gasteiger partial charge in [-0.3, -0.25) is 13.7 Å². The number of methoxy groups -OCH3 is 1. The lowest BCUT2D eigenvalue weighted by atomic mass is 10.2. The summed E-state index contributed by atoms with van der Waals surface area (Å²) in [5.74, 6) is -3.75. The van der Waals surface area contributed by atoms with Gasteiger partial charge >= 0.3 is 5.97 Å². The molecule has 0 fully saturated rings. The van der Waals surface area contributed by atoms with Crippen molar-refractivity contribution in [2.75, 3.05) is 24.2 Å². The third kappa shape index (κ3) is 3.97. The normalized spacial score (nSPS) is 11.4. The van der Waals surface area contributed by atoms with Crippen LogP contribution < -0.4 is 4.31 Å². The lowest BCUT2D eigenvalue weighted by molar-refractivity contribution is 0.0603.